The van der Waals surface area contributed by atoms with Gasteiger partial charge in [0, 0.05) is 25.8 Å². The van der Waals surface area contributed by atoms with E-state index in [0.717, 1.165) is 38.5 Å². The minimum Gasteiger partial charge on any atom is -0.478 e. The Balaban J connectivity index is 6.17. The van der Waals surface area contributed by atoms with Gasteiger partial charge in [0.1, 0.15) is 0 Å². The molecule has 0 heterocycles. The molecule has 308 valence electrons. The largest absolute Gasteiger partial charge is 0.478 e. The van der Waals surface area contributed by atoms with E-state index in [1.165, 1.54) is 90.9 Å². The molecule has 13 heteroatoms. The van der Waals surface area contributed by atoms with Gasteiger partial charge in [0.05, 0.1) is 12.6 Å². The van der Waals surface area contributed by atoms with Crippen LogP contribution in [-0.4, -0.2) is 75.5 Å². The molecule has 1 atom stereocenters. The number of guanidine groups is 1. The Morgan fingerprint density at radius 2 is 0.981 bits per heavy atom. The highest BCUT2D eigenvalue weighted by Gasteiger charge is 2.58. The molecule has 53 heavy (non-hydrogen) atoms. The van der Waals surface area contributed by atoms with Crippen LogP contribution in [0.25, 0.3) is 0 Å². The smallest absolute Gasteiger partial charge is 0.419 e. The third kappa shape index (κ3) is 21.3. The molecule has 0 radical (unpaired) electrons. The molecular weight excluding hydrogens is 676 g/mol. The number of carbonyl (C=O) groups excluding carboxylic acids is 4. The van der Waals surface area contributed by atoms with Crippen LogP contribution in [0.5, 0.6) is 0 Å². The van der Waals surface area contributed by atoms with E-state index in [1.54, 1.807) is 0 Å². The number of carboxylic acids is 1. The second-order valence-electron chi connectivity index (χ2n) is 14.6. The lowest BCUT2D eigenvalue weighted by atomic mass is 9.96. The first kappa shape index (κ1) is 49.8. The maximum atomic E-state index is 14.2. The maximum absolute atomic E-state index is 14.2. The fourth-order valence-electron chi connectivity index (χ4n) is 6.62. The van der Waals surface area contributed by atoms with Crippen molar-refractivity contribution in [2.24, 2.45) is 22.2 Å². The van der Waals surface area contributed by atoms with E-state index < -0.39 is 54.5 Å². The molecule has 0 aliphatic rings. The average molecular weight is 753 g/mol. The van der Waals surface area contributed by atoms with Gasteiger partial charge >= 0.3 is 12.1 Å². The highest BCUT2D eigenvalue weighted by molar-refractivity contribution is 6.06. The lowest BCUT2D eigenvalue weighted by Gasteiger charge is -2.45. The van der Waals surface area contributed by atoms with Crippen molar-refractivity contribution in [3.8, 4) is 0 Å². The zero-order chi connectivity index (χ0) is 39.9. The molecule has 0 spiro atoms. The fraction of sp³-hybridized carbons (Fsp3) is 0.850. The highest BCUT2D eigenvalue weighted by atomic mass is 16.6. The van der Waals surface area contributed by atoms with E-state index in [-0.39, 0.29) is 31.8 Å². The predicted molar refractivity (Wildman–Crippen MR) is 212 cm³/mol. The topological polar surface area (TPSA) is 212 Å². The van der Waals surface area contributed by atoms with Gasteiger partial charge in [-0.25, -0.2) is 19.4 Å². The molecule has 0 bridgehead atoms. The molecule has 13 nitrogen and oxygen atoms in total. The van der Waals surface area contributed by atoms with Gasteiger partial charge in [-0.3, -0.25) is 19.4 Å². The van der Waals surface area contributed by atoms with Crippen LogP contribution in [0.1, 0.15) is 195 Å². The summed E-state index contributed by atoms with van der Waals surface area (Å²) in [7, 11) is 0. The standard InChI is InChI=1S/C40H76N6O7/c1-5-7-9-11-13-15-17-19-21-23-25-28-34(47)45(35(48)29-26-24-22-20-18-16-14-12-10-8-6-2)40(37(50)51,30-27-31-44-38(42)43)46(36(49)32-41)39(52)53-33(3)4/h33H,5-32,41H2,1-4H3,(H,50,51)(H4,42,43,44)/t40-/m0/s1. The van der Waals surface area contributed by atoms with Gasteiger partial charge in [-0.2, -0.15) is 0 Å². The van der Waals surface area contributed by atoms with Crippen LogP contribution in [-0.2, 0) is 23.9 Å². The second-order valence-corrected chi connectivity index (χ2v) is 14.6. The number of carboxylic acid groups (broad SMARTS) is 1. The number of imide groups is 2. The summed E-state index contributed by atoms with van der Waals surface area (Å²) in [6, 6.07) is 0. The molecule has 0 aromatic rings. The number of nitrogens with two attached hydrogens (primary N) is 3. The number of hydrogen-bond donors (Lipinski definition) is 4. The van der Waals surface area contributed by atoms with Gasteiger partial charge in [0.2, 0.25) is 23.4 Å². The monoisotopic (exact) mass is 753 g/mol. The summed E-state index contributed by atoms with van der Waals surface area (Å²) in [5, 5.41) is 10.9. The third-order valence-corrected chi connectivity index (χ3v) is 9.49. The first-order chi connectivity index (χ1) is 25.4. The number of aliphatic imine (C=N–C) groups is 1. The minimum atomic E-state index is -2.75. The SMILES string of the molecule is CCCCCCCCCCCCCC(=O)N(C(=O)CCCCCCCCCCCCC)[C@](CCCN=C(N)N)(C(=O)O)N(C(=O)CN)C(=O)OC(C)C. The minimum absolute atomic E-state index is 0.0747. The van der Waals surface area contributed by atoms with Crippen LogP contribution in [0.15, 0.2) is 4.99 Å². The first-order valence-corrected chi connectivity index (χ1v) is 20.8. The molecule has 0 unspecified atom stereocenters. The van der Waals surface area contributed by atoms with Crippen molar-refractivity contribution in [1.29, 1.82) is 0 Å². The third-order valence-electron chi connectivity index (χ3n) is 9.49. The van der Waals surface area contributed by atoms with E-state index in [9.17, 15) is 29.1 Å². The summed E-state index contributed by atoms with van der Waals surface area (Å²) in [6.07, 6.45) is 20.2. The Morgan fingerprint density at radius 3 is 1.30 bits per heavy atom. The van der Waals surface area contributed by atoms with Crippen molar-refractivity contribution in [2.75, 3.05) is 13.1 Å². The van der Waals surface area contributed by atoms with Crippen LogP contribution in [0, 0.1) is 0 Å². The number of nitrogens with zero attached hydrogens (tertiary/aromatic N) is 3. The van der Waals surface area contributed by atoms with Crippen molar-refractivity contribution in [2.45, 2.75) is 206 Å². The normalized spacial score (nSPS) is 12.3. The predicted octanol–water partition coefficient (Wildman–Crippen LogP) is 7.91. The summed E-state index contributed by atoms with van der Waals surface area (Å²) < 4.78 is 5.32. The molecule has 0 saturated heterocycles. The molecule has 0 aromatic carbocycles. The molecule has 7 N–H and O–H groups in total. The summed E-state index contributed by atoms with van der Waals surface area (Å²) >= 11 is 0. The number of rotatable bonds is 33. The average Bonchev–Trinajstić information content (AvgIpc) is 3.10. The lowest BCUT2D eigenvalue weighted by Crippen LogP contribution is -2.71. The molecule has 0 aromatic heterocycles. The fourth-order valence-corrected chi connectivity index (χ4v) is 6.62. The quantitative estimate of drug-likeness (QED) is 0.0220. The van der Waals surface area contributed by atoms with Crippen LogP contribution in [0.3, 0.4) is 0 Å². The van der Waals surface area contributed by atoms with Gasteiger partial charge in [0.25, 0.3) is 0 Å². The Bertz CT molecular complexity index is 1030. The van der Waals surface area contributed by atoms with Crippen LogP contribution in [0.4, 0.5) is 4.79 Å². The van der Waals surface area contributed by atoms with Crippen LogP contribution >= 0.6 is 0 Å². The van der Waals surface area contributed by atoms with Gasteiger partial charge in [-0.15, -0.1) is 0 Å². The first-order valence-electron chi connectivity index (χ1n) is 20.8. The zero-order valence-corrected chi connectivity index (χ0v) is 33.8. The number of carbonyl (C=O) groups is 5. The van der Waals surface area contributed by atoms with Gasteiger partial charge in [0.15, 0.2) is 5.96 Å². The molecule has 4 amide bonds. The Hall–Kier alpha value is -3.22. The number of ether oxygens (including phenoxy) is 1. The van der Waals surface area contributed by atoms with Crippen LogP contribution < -0.4 is 17.2 Å². The maximum Gasteiger partial charge on any atom is 0.419 e. The molecule has 0 rings (SSSR count). The van der Waals surface area contributed by atoms with Gasteiger partial charge < -0.3 is 27.0 Å². The van der Waals surface area contributed by atoms with Crippen molar-refractivity contribution in [1.82, 2.24) is 9.80 Å². The Labute approximate surface area is 320 Å². The van der Waals surface area contributed by atoms with Crippen molar-refractivity contribution >= 4 is 35.7 Å². The summed E-state index contributed by atoms with van der Waals surface area (Å²) in [6.45, 7) is 6.64. The van der Waals surface area contributed by atoms with Crippen LogP contribution in [0.2, 0.25) is 0 Å². The zero-order valence-electron chi connectivity index (χ0n) is 33.8. The second kappa shape index (κ2) is 31.2. The van der Waals surface area contributed by atoms with Gasteiger partial charge in [-0.05, 0) is 33.1 Å². The molecule has 0 aliphatic carbocycles. The van der Waals surface area contributed by atoms with E-state index in [4.69, 9.17) is 21.9 Å². The number of amides is 4. The number of aliphatic carboxylic acids is 1. The van der Waals surface area contributed by atoms with E-state index in [2.05, 4.69) is 18.8 Å². The molecule has 0 aliphatic heterocycles. The van der Waals surface area contributed by atoms with E-state index in [0.29, 0.717) is 35.5 Å². The molecule has 0 saturated carbocycles. The van der Waals surface area contributed by atoms with Crippen molar-refractivity contribution in [3.05, 3.63) is 0 Å². The van der Waals surface area contributed by atoms with E-state index >= 15 is 0 Å². The highest BCUT2D eigenvalue weighted by Crippen LogP contribution is 2.32. The van der Waals surface area contributed by atoms with Gasteiger partial charge in [-0.1, -0.05) is 142 Å². The van der Waals surface area contributed by atoms with Crippen molar-refractivity contribution < 1.29 is 33.8 Å². The molecule has 0 fully saturated rings. The lowest BCUT2D eigenvalue weighted by molar-refractivity contribution is -0.183. The van der Waals surface area contributed by atoms with E-state index in [1.807, 2.05) is 0 Å². The Kier molecular flexibility index (Phi) is 29.3. The molecular formula is C40H76N6O7. The summed E-state index contributed by atoms with van der Waals surface area (Å²) in [5.74, 6) is -4.62. The summed E-state index contributed by atoms with van der Waals surface area (Å²) in [4.78, 5) is 73.7. The Morgan fingerprint density at radius 1 is 0.604 bits per heavy atom. The number of unbranched alkanes of at least 4 members (excludes halogenated alkanes) is 20. The van der Waals surface area contributed by atoms with Crippen molar-refractivity contribution in [3.63, 3.8) is 0 Å². The number of hydrogen-bond acceptors (Lipinski definition) is 8. The summed E-state index contributed by atoms with van der Waals surface area (Å²) in [5.41, 5.74) is 13.9.